The Labute approximate surface area is 150 Å². The third kappa shape index (κ3) is 4.35. The predicted molar refractivity (Wildman–Crippen MR) is 93.7 cm³/mol. The minimum absolute atomic E-state index is 0.0307. The SMILES string of the molecule is O=C(NCC(c1ccccc1Cl)N1CCCC1)c1cc(F)cc(F)c1. The van der Waals surface area contributed by atoms with E-state index in [2.05, 4.69) is 10.2 Å². The summed E-state index contributed by atoms with van der Waals surface area (Å²) in [5.41, 5.74) is 0.911. The molecule has 1 N–H and O–H groups in total. The van der Waals surface area contributed by atoms with Crippen molar-refractivity contribution in [3.8, 4) is 0 Å². The summed E-state index contributed by atoms with van der Waals surface area (Å²) in [6, 6.07) is 10.3. The quantitative estimate of drug-likeness (QED) is 0.863. The van der Waals surface area contributed by atoms with Crippen molar-refractivity contribution in [1.82, 2.24) is 10.2 Å². The Bertz CT molecular complexity index is 743. The molecule has 1 aliphatic rings. The molecule has 1 fully saturated rings. The summed E-state index contributed by atoms with van der Waals surface area (Å²) in [4.78, 5) is 14.6. The minimum atomic E-state index is -0.771. The lowest BCUT2D eigenvalue weighted by Gasteiger charge is -2.29. The van der Waals surface area contributed by atoms with Gasteiger partial charge in [-0.15, -0.1) is 0 Å². The zero-order valence-electron chi connectivity index (χ0n) is 13.6. The summed E-state index contributed by atoms with van der Waals surface area (Å²) in [7, 11) is 0. The van der Waals surface area contributed by atoms with Gasteiger partial charge in [0.25, 0.3) is 5.91 Å². The molecule has 3 rings (SSSR count). The van der Waals surface area contributed by atoms with Crippen LogP contribution in [0.3, 0.4) is 0 Å². The van der Waals surface area contributed by atoms with Gasteiger partial charge >= 0.3 is 0 Å². The number of hydrogen-bond acceptors (Lipinski definition) is 2. The van der Waals surface area contributed by atoms with Crippen molar-refractivity contribution in [3.63, 3.8) is 0 Å². The number of carbonyl (C=O) groups excluding carboxylic acids is 1. The molecular weight excluding hydrogens is 346 g/mol. The molecule has 0 spiro atoms. The van der Waals surface area contributed by atoms with Crippen LogP contribution in [-0.2, 0) is 0 Å². The lowest BCUT2D eigenvalue weighted by molar-refractivity contribution is 0.0937. The molecular formula is C19H19ClF2N2O. The topological polar surface area (TPSA) is 32.3 Å². The highest BCUT2D eigenvalue weighted by molar-refractivity contribution is 6.31. The zero-order valence-corrected chi connectivity index (χ0v) is 14.4. The van der Waals surface area contributed by atoms with Crippen molar-refractivity contribution >= 4 is 17.5 Å². The minimum Gasteiger partial charge on any atom is -0.350 e. The number of hydrogen-bond donors (Lipinski definition) is 1. The van der Waals surface area contributed by atoms with Crippen LogP contribution >= 0.6 is 11.6 Å². The third-order valence-corrected chi connectivity index (χ3v) is 4.77. The zero-order chi connectivity index (χ0) is 17.8. The molecule has 132 valence electrons. The molecule has 1 unspecified atom stereocenters. The molecule has 0 radical (unpaired) electrons. The number of halogens is 3. The molecule has 2 aromatic rings. The molecule has 1 saturated heterocycles. The van der Waals surface area contributed by atoms with E-state index in [0.29, 0.717) is 11.6 Å². The molecule has 2 aromatic carbocycles. The molecule has 1 atom stereocenters. The molecule has 6 heteroatoms. The van der Waals surface area contributed by atoms with Crippen LogP contribution < -0.4 is 5.32 Å². The second-order valence-corrected chi connectivity index (χ2v) is 6.56. The third-order valence-electron chi connectivity index (χ3n) is 4.43. The van der Waals surface area contributed by atoms with E-state index >= 15 is 0 Å². The van der Waals surface area contributed by atoms with Crippen LogP contribution in [0.5, 0.6) is 0 Å². The fourth-order valence-corrected chi connectivity index (χ4v) is 3.47. The monoisotopic (exact) mass is 364 g/mol. The molecule has 0 aromatic heterocycles. The average Bonchev–Trinajstić information content (AvgIpc) is 3.10. The molecule has 1 aliphatic heterocycles. The largest absolute Gasteiger partial charge is 0.350 e. The standard InChI is InChI=1S/C19H19ClF2N2O/c20-17-6-2-1-5-16(17)18(24-7-3-4-8-24)12-23-19(25)13-9-14(21)11-15(22)10-13/h1-2,5-6,9-11,18H,3-4,7-8,12H2,(H,23,25). The van der Waals surface area contributed by atoms with E-state index in [0.717, 1.165) is 49.7 Å². The van der Waals surface area contributed by atoms with E-state index in [9.17, 15) is 13.6 Å². The molecule has 1 heterocycles. The first-order valence-corrected chi connectivity index (χ1v) is 8.65. The van der Waals surface area contributed by atoms with Gasteiger partial charge in [-0.3, -0.25) is 9.69 Å². The van der Waals surface area contributed by atoms with Crippen molar-refractivity contribution in [1.29, 1.82) is 0 Å². The summed E-state index contributed by atoms with van der Waals surface area (Å²) in [5.74, 6) is -2.05. The van der Waals surface area contributed by atoms with Crippen LogP contribution in [0.1, 0.15) is 34.8 Å². The van der Waals surface area contributed by atoms with Crippen molar-refractivity contribution in [2.24, 2.45) is 0 Å². The van der Waals surface area contributed by atoms with E-state index in [-0.39, 0.29) is 11.6 Å². The Morgan fingerprint density at radius 3 is 2.40 bits per heavy atom. The number of carbonyl (C=O) groups is 1. The van der Waals surface area contributed by atoms with E-state index in [4.69, 9.17) is 11.6 Å². The smallest absolute Gasteiger partial charge is 0.251 e. The van der Waals surface area contributed by atoms with Gasteiger partial charge in [0.05, 0.1) is 6.04 Å². The Morgan fingerprint density at radius 2 is 1.76 bits per heavy atom. The van der Waals surface area contributed by atoms with Gasteiger partial charge in [0.15, 0.2) is 0 Å². The van der Waals surface area contributed by atoms with E-state index in [1.54, 1.807) is 0 Å². The molecule has 0 saturated carbocycles. The van der Waals surface area contributed by atoms with Crippen LogP contribution in [0.15, 0.2) is 42.5 Å². The molecule has 1 amide bonds. The van der Waals surface area contributed by atoms with Gasteiger partial charge in [0.1, 0.15) is 11.6 Å². The van der Waals surface area contributed by atoms with Crippen molar-refractivity contribution in [3.05, 3.63) is 70.2 Å². The van der Waals surface area contributed by atoms with Crippen LogP contribution in [0, 0.1) is 11.6 Å². The van der Waals surface area contributed by atoms with Gasteiger partial charge < -0.3 is 5.32 Å². The Morgan fingerprint density at radius 1 is 1.12 bits per heavy atom. The lowest BCUT2D eigenvalue weighted by atomic mass is 10.0. The van der Waals surface area contributed by atoms with Crippen LogP contribution in [0.2, 0.25) is 5.02 Å². The van der Waals surface area contributed by atoms with Crippen molar-refractivity contribution in [2.45, 2.75) is 18.9 Å². The summed E-state index contributed by atoms with van der Waals surface area (Å²) < 4.78 is 26.6. The van der Waals surface area contributed by atoms with Crippen LogP contribution in [-0.4, -0.2) is 30.4 Å². The highest BCUT2D eigenvalue weighted by Crippen LogP contribution is 2.29. The fraction of sp³-hybridized carbons (Fsp3) is 0.316. The summed E-state index contributed by atoms with van der Waals surface area (Å²) in [5, 5.41) is 3.43. The Balaban J connectivity index is 1.76. The molecule has 0 bridgehead atoms. The second-order valence-electron chi connectivity index (χ2n) is 6.15. The van der Waals surface area contributed by atoms with Gasteiger partial charge in [0, 0.05) is 23.2 Å². The lowest BCUT2D eigenvalue weighted by Crippen LogP contribution is -2.37. The van der Waals surface area contributed by atoms with Crippen molar-refractivity contribution < 1.29 is 13.6 Å². The van der Waals surface area contributed by atoms with Gasteiger partial charge in [0.2, 0.25) is 0 Å². The van der Waals surface area contributed by atoms with E-state index in [1.165, 1.54) is 0 Å². The van der Waals surface area contributed by atoms with Gasteiger partial charge in [-0.1, -0.05) is 29.8 Å². The fourth-order valence-electron chi connectivity index (χ4n) is 3.21. The maximum atomic E-state index is 13.3. The summed E-state index contributed by atoms with van der Waals surface area (Å²) >= 11 is 6.33. The van der Waals surface area contributed by atoms with Crippen LogP contribution in [0.25, 0.3) is 0 Å². The average molecular weight is 365 g/mol. The predicted octanol–water partition coefficient (Wildman–Crippen LogP) is 4.19. The maximum Gasteiger partial charge on any atom is 0.251 e. The Hall–Kier alpha value is -1.98. The first-order valence-electron chi connectivity index (χ1n) is 8.27. The van der Waals surface area contributed by atoms with Crippen molar-refractivity contribution in [2.75, 3.05) is 19.6 Å². The van der Waals surface area contributed by atoms with E-state index in [1.807, 2.05) is 24.3 Å². The first kappa shape index (κ1) is 17.8. The number of nitrogens with zero attached hydrogens (tertiary/aromatic N) is 1. The maximum absolute atomic E-state index is 13.3. The molecule has 3 nitrogen and oxygen atoms in total. The second kappa shape index (κ2) is 7.93. The van der Waals surface area contributed by atoms with Crippen LogP contribution in [0.4, 0.5) is 8.78 Å². The first-order chi connectivity index (χ1) is 12.0. The number of nitrogens with one attached hydrogen (secondary N) is 1. The Kier molecular flexibility index (Phi) is 5.66. The highest BCUT2D eigenvalue weighted by atomic mass is 35.5. The summed E-state index contributed by atoms with van der Waals surface area (Å²) in [6.45, 7) is 2.18. The number of likely N-dealkylation sites (tertiary alicyclic amines) is 1. The van der Waals surface area contributed by atoms with Gasteiger partial charge in [-0.25, -0.2) is 8.78 Å². The number of rotatable bonds is 5. The van der Waals surface area contributed by atoms with E-state index < -0.39 is 17.5 Å². The highest BCUT2D eigenvalue weighted by Gasteiger charge is 2.25. The normalized spacial score (nSPS) is 16.0. The number of amides is 1. The van der Waals surface area contributed by atoms with Gasteiger partial charge in [-0.2, -0.15) is 0 Å². The number of benzene rings is 2. The summed E-state index contributed by atoms with van der Waals surface area (Å²) in [6.07, 6.45) is 2.20. The molecule has 25 heavy (non-hydrogen) atoms. The molecule has 0 aliphatic carbocycles. The van der Waals surface area contributed by atoms with Gasteiger partial charge in [-0.05, 0) is 49.7 Å².